The number of pyridine rings is 1. The first-order valence-corrected chi connectivity index (χ1v) is 7.38. The van der Waals surface area contributed by atoms with Crippen molar-refractivity contribution in [2.45, 2.75) is 13.0 Å². The molecule has 0 saturated heterocycles. The van der Waals surface area contributed by atoms with Crippen LogP contribution in [0.3, 0.4) is 0 Å². The third-order valence-corrected chi connectivity index (χ3v) is 3.45. The first-order valence-electron chi connectivity index (χ1n) is 7.00. The minimum atomic E-state index is -0.590. The van der Waals surface area contributed by atoms with Gasteiger partial charge in [-0.25, -0.2) is 4.39 Å². The normalized spacial score (nSPS) is 10.0. The molecule has 2 rings (SSSR count). The van der Waals surface area contributed by atoms with Crippen LogP contribution in [-0.2, 0) is 6.54 Å². The molecule has 1 aromatic heterocycles. The number of nitrogens with one attached hydrogen (secondary N) is 2. The number of amides is 1. The van der Waals surface area contributed by atoms with Crippen molar-refractivity contribution in [3.63, 3.8) is 0 Å². The Labute approximate surface area is 145 Å². The summed E-state index contributed by atoms with van der Waals surface area (Å²) in [4.78, 5) is 15.9. The van der Waals surface area contributed by atoms with E-state index in [1.165, 1.54) is 18.2 Å². The average molecular weight is 358 g/mol. The Morgan fingerprint density at radius 2 is 2.04 bits per heavy atom. The molecule has 1 aromatic carbocycles. The van der Waals surface area contributed by atoms with Gasteiger partial charge in [0.2, 0.25) is 0 Å². The van der Waals surface area contributed by atoms with Gasteiger partial charge in [-0.15, -0.1) is 12.4 Å². The Morgan fingerprint density at radius 3 is 2.78 bits per heavy atom. The number of benzene rings is 1. The van der Waals surface area contributed by atoms with Crippen LogP contribution >= 0.6 is 24.0 Å². The van der Waals surface area contributed by atoms with Crippen LogP contribution in [0.1, 0.15) is 22.3 Å². The van der Waals surface area contributed by atoms with Gasteiger partial charge in [-0.3, -0.25) is 9.78 Å². The van der Waals surface area contributed by atoms with E-state index in [1.54, 1.807) is 12.4 Å². The van der Waals surface area contributed by atoms with Gasteiger partial charge in [-0.05, 0) is 36.7 Å². The smallest absolute Gasteiger partial charge is 0.252 e. The lowest BCUT2D eigenvalue weighted by Crippen LogP contribution is -2.27. The second-order valence-corrected chi connectivity index (χ2v) is 5.13. The van der Waals surface area contributed by atoms with Crippen LogP contribution in [0.2, 0.25) is 5.02 Å². The highest BCUT2D eigenvalue weighted by molar-refractivity contribution is 6.34. The predicted octanol–water partition coefficient (Wildman–Crippen LogP) is 3.21. The summed E-state index contributed by atoms with van der Waals surface area (Å²) in [5, 5.41) is 5.84. The molecule has 1 heterocycles. The maximum absolute atomic E-state index is 13.3. The third-order valence-electron chi connectivity index (χ3n) is 3.06. The van der Waals surface area contributed by atoms with Gasteiger partial charge in [0, 0.05) is 25.5 Å². The van der Waals surface area contributed by atoms with E-state index in [9.17, 15) is 9.18 Å². The molecule has 0 unspecified atom stereocenters. The van der Waals surface area contributed by atoms with Crippen LogP contribution < -0.4 is 10.6 Å². The number of nitrogens with zero attached hydrogens (tertiary/aromatic N) is 1. The summed E-state index contributed by atoms with van der Waals surface area (Å²) in [6, 6.07) is 8.07. The Balaban J connectivity index is 0.00000264. The molecule has 124 valence electrons. The van der Waals surface area contributed by atoms with Crippen molar-refractivity contribution in [3.05, 3.63) is 64.7 Å². The Morgan fingerprint density at radius 1 is 1.22 bits per heavy atom. The van der Waals surface area contributed by atoms with Gasteiger partial charge in [0.05, 0.1) is 10.6 Å². The zero-order chi connectivity index (χ0) is 15.8. The average Bonchev–Trinajstić information content (AvgIpc) is 2.54. The standard InChI is InChI=1S/C16H17ClFN3O.ClH/c17-15-13(5-1-6-14(15)18)16(22)21-9-3-8-20-11-12-4-2-7-19-10-12;/h1-2,4-7,10,20H,3,8-9,11H2,(H,21,22);1H. The molecule has 0 aliphatic rings. The molecule has 0 aliphatic carbocycles. The van der Waals surface area contributed by atoms with Gasteiger partial charge in [0.25, 0.3) is 5.91 Å². The fraction of sp³-hybridized carbons (Fsp3) is 0.250. The maximum atomic E-state index is 13.3. The minimum absolute atomic E-state index is 0. The molecule has 0 atom stereocenters. The molecule has 0 bridgehead atoms. The zero-order valence-electron chi connectivity index (χ0n) is 12.4. The van der Waals surface area contributed by atoms with E-state index >= 15 is 0 Å². The van der Waals surface area contributed by atoms with Crippen LogP contribution in [-0.4, -0.2) is 24.0 Å². The second kappa shape index (κ2) is 10.2. The number of hydrogen-bond donors (Lipinski definition) is 2. The summed E-state index contributed by atoms with van der Waals surface area (Å²) in [6.07, 6.45) is 4.30. The van der Waals surface area contributed by atoms with Crippen molar-refractivity contribution in [2.24, 2.45) is 0 Å². The van der Waals surface area contributed by atoms with E-state index in [0.717, 1.165) is 25.1 Å². The van der Waals surface area contributed by atoms with Crippen molar-refractivity contribution < 1.29 is 9.18 Å². The van der Waals surface area contributed by atoms with Crippen molar-refractivity contribution in [1.82, 2.24) is 15.6 Å². The highest BCUT2D eigenvalue weighted by Crippen LogP contribution is 2.19. The van der Waals surface area contributed by atoms with Crippen LogP contribution in [0.5, 0.6) is 0 Å². The van der Waals surface area contributed by atoms with Crippen molar-refractivity contribution in [2.75, 3.05) is 13.1 Å². The molecule has 7 heteroatoms. The SMILES string of the molecule is Cl.O=C(NCCCNCc1cccnc1)c1cccc(F)c1Cl. The molecular formula is C16H18Cl2FN3O. The number of aromatic nitrogens is 1. The quantitative estimate of drug-likeness (QED) is 0.748. The van der Waals surface area contributed by atoms with E-state index in [0.29, 0.717) is 6.54 Å². The van der Waals surface area contributed by atoms with E-state index in [-0.39, 0.29) is 28.9 Å². The van der Waals surface area contributed by atoms with Gasteiger partial charge in [-0.1, -0.05) is 23.7 Å². The zero-order valence-corrected chi connectivity index (χ0v) is 14.0. The van der Waals surface area contributed by atoms with Crippen molar-refractivity contribution in [1.29, 1.82) is 0 Å². The lowest BCUT2D eigenvalue weighted by Gasteiger charge is -2.08. The van der Waals surface area contributed by atoms with Crippen molar-refractivity contribution in [3.8, 4) is 0 Å². The summed E-state index contributed by atoms with van der Waals surface area (Å²) in [5.74, 6) is -0.954. The van der Waals surface area contributed by atoms with Crippen LogP contribution in [0.15, 0.2) is 42.7 Å². The van der Waals surface area contributed by atoms with E-state index in [1.807, 2.05) is 12.1 Å². The van der Waals surface area contributed by atoms with E-state index in [2.05, 4.69) is 15.6 Å². The molecule has 0 radical (unpaired) electrons. The number of halogens is 3. The fourth-order valence-electron chi connectivity index (χ4n) is 1.93. The first kappa shape index (κ1) is 19.4. The molecule has 0 spiro atoms. The highest BCUT2D eigenvalue weighted by Gasteiger charge is 2.12. The summed E-state index contributed by atoms with van der Waals surface area (Å²) < 4.78 is 13.3. The lowest BCUT2D eigenvalue weighted by molar-refractivity contribution is 0.0953. The summed E-state index contributed by atoms with van der Waals surface area (Å²) in [5.41, 5.74) is 1.27. The Kier molecular flexibility index (Phi) is 8.55. The van der Waals surface area contributed by atoms with E-state index < -0.39 is 5.82 Å². The predicted molar refractivity (Wildman–Crippen MR) is 91.6 cm³/mol. The minimum Gasteiger partial charge on any atom is -0.352 e. The van der Waals surface area contributed by atoms with Crippen LogP contribution in [0, 0.1) is 5.82 Å². The molecule has 2 N–H and O–H groups in total. The Bertz CT molecular complexity index is 626. The topological polar surface area (TPSA) is 54.0 Å². The molecule has 0 aliphatic heterocycles. The monoisotopic (exact) mass is 357 g/mol. The molecule has 1 amide bonds. The molecule has 23 heavy (non-hydrogen) atoms. The Hall–Kier alpha value is -1.69. The summed E-state index contributed by atoms with van der Waals surface area (Å²) in [7, 11) is 0. The largest absolute Gasteiger partial charge is 0.352 e. The summed E-state index contributed by atoms with van der Waals surface area (Å²) in [6.45, 7) is 1.98. The number of rotatable bonds is 7. The van der Waals surface area contributed by atoms with Gasteiger partial charge in [0.1, 0.15) is 5.82 Å². The maximum Gasteiger partial charge on any atom is 0.252 e. The molecule has 2 aromatic rings. The number of carbonyl (C=O) groups excluding carboxylic acids is 1. The third kappa shape index (κ3) is 6.14. The second-order valence-electron chi connectivity index (χ2n) is 4.75. The van der Waals surface area contributed by atoms with E-state index in [4.69, 9.17) is 11.6 Å². The molecule has 0 fully saturated rings. The number of hydrogen-bond acceptors (Lipinski definition) is 3. The first-order chi connectivity index (χ1) is 10.7. The lowest BCUT2D eigenvalue weighted by atomic mass is 10.2. The highest BCUT2D eigenvalue weighted by atomic mass is 35.5. The number of carbonyl (C=O) groups is 1. The van der Waals surface area contributed by atoms with Gasteiger partial charge in [0.15, 0.2) is 0 Å². The van der Waals surface area contributed by atoms with Gasteiger partial charge in [-0.2, -0.15) is 0 Å². The van der Waals surface area contributed by atoms with Gasteiger partial charge < -0.3 is 10.6 Å². The van der Waals surface area contributed by atoms with Crippen LogP contribution in [0.4, 0.5) is 4.39 Å². The fourth-order valence-corrected chi connectivity index (χ4v) is 2.14. The summed E-state index contributed by atoms with van der Waals surface area (Å²) >= 11 is 5.76. The molecule has 0 saturated carbocycles. The molecule has 4 nitrogen and oxygen atoms in total. The van der Waals surface area contributed by atoms with Crippen LogP contribution in [0.25, 0.3) is 0 Å². The molecular weight excluding hydrogens is 340 g/mol. The van der Waals surface area contributed by atoms with Crippen molar-refractivity contribution >= 4 is 29.9 Å². The van der Waals surface area contributed by atoms with Gasteiger partial charge >= 0.3 is 0 Å².